The zero-order valence-electron chi connectivity index (χ0n) is 21.2. The lowest BCUT2D eigenvalue weighted by atomic mass is 9.94. The number of benzene rings is 1. The maximum atomic E-state index is 13.2. The molecule has 0 unspecified atom stereocenters. The average Bonchev–Trinajstić information content (AvgIpc) is 3.48. The van der Waals surface area contributed by atoms with Crippen LogP contribution in [0.2, 0.25) is 0 Å². The normalized spacial score (nSPS) is 18.8. The fraction of sp³-hybridized carbons (Fsp3) is 0.480. The number of ketones is 1. The Hall–Kier alpha value is -3.19. The van der Waals surface area contributed by atoms with E-state index in [1.165, 1.54) is 31.8 Å². The molecular formula is C25H32N4O7S. The van der Waals surface area contributed by atoms with Gasteiger partial charge >= 0.3 is 0 Å². The van der Waals surface area contributed by atoms with Crippen molar-refractivity contribution in [2.24, 2.45) is 0 Å². The summed E-state index contributed by atoms with van der Waals surface area (Å²) in [5.41, 5.74) is -0.0887. The molecule has 12 heteroatoms. The van der Waals surface area contributed by atoms with E-state index in [0.29, 0.717) is 9.88 Å². The van der Waals surface area contributed by atoms with E-state index in [1.807, 2.05) is 30.3 Å². The number of thiazole rings is 1. The Morgan fingerprint density at radius 2 is 1.57 bits per heavy atom. The van der Waals surface area contributed by atoms with Crippen LogP contribution in [0.1, 0.15) is 27.2 Å². The van der Waals surface area contributed by atoms with Gasteiger partial charge < -0.3 is 30.2 Å². The van der Waals surface area contributed by atoms with Crippen LogP contribution in [0, 0.1) is 6.92 Å². The quantitative estimate of drug-likeness (QED) is 0.297. The summed E-state index contributed by atoms with van der Waals surface area (Å²) in [6, 6.07) is 6.20. The van der Waals surface area contributed by atoms with Gasteiger partial charge in [-0.3, -0.25) is 19.2 Å². The number of carbonyl (C=O) groups excluding carboxylic acids is 4. The van der Waals surface area contributed by atoms with Gasteiger partial charge in [0.05, 0.1) is 37.1 Å². The topological polar surface area (TPSA) is 148 Å². The first kappa shape index (κ1) is 28.4. The number of hydrogen-bond donors (Lipinski definition) is 3. The van der Waals surface area contributed by atoms with Gasteiger partial charge in [0.2, 0.25) is 11.8 Å². The van der Waals surface area contributed by atoms with Crippen molar-refractivity contribution in [3.05, 3.63) is 52.0 Å². The molecule has 0 saturated carbocycles. The van der Waals surface area contributed by atoms with Gasteiger partial charge in [0.15, 0.2) is 5.78 Å². The van der Waals surface area contributed by atoms with Crippen LogP contribution in [0.3, 0.4) is 0 Å². The minimum Gasteiger partial charge on any atom is -0.382 e. The predicted molar refractivity (Wildman–Crippen MR) is 135 cm³/mol. The maximum Gasteiger partial charge on any atom is 0.263 e. The van der Waals surface area contributed by atoms with Crippen molar-refractivity contribution in [1.29, 1.82) is 0 Å². The number of hydrogen-bond acceptors (Lipinski definition) is 9. The predicted octanol–water partition coefficient (Wildman–Crippen LogP) is 0.413. The summed E-state index contributed by atoms with van der Waals surface area (Å²) in [6.45, 7) is 3.44. The molecule has 3 amide bonds. The summed E-state index contributed by atoms with van der Waals surface area (Å²) < 4.78 is 15.6. The number of aryl methyl sites for hydroxylation is 1. The van der Waals surface area contributed by atoms with E-state index in [1.54, 1.807) is 13.8 Å². The molecule has 1 aromatic carbocycles. The molecule has 200 valence electrons. The minimum atomic E-state index is -1.13. The first-order valence-corrected chi connectivity index (χ1v) is 12.5. The highest BCUT2D eigenvalue weighted by atomic mass is 32.1. The standard InChI is InChI=1S/C25H32N4O7S/c1-15-26-11-20(37-15)24(33)29-19(13-35-4)23(32)28-18(12-34-3)22(31)27-17(21(30)25(2)14-36-25)10-16-8-6-5-7-9-16/h5-9,11,17-19H,10,12-14H2,1-4H3,(H,27,31)(H,28,32)(H,29,33)/t17-,18-,19+,25+/m1/s1. The third-order valence-corrected chi connectivity index (χ3v) is 6.69. The number of methoxy groups -OCH3 is 2. The molecule has 0 bridgehead atoms. The number of aromatic nitrogens is 1. The Bertz CT molecular complexity index is 1100. The minimum absolute atomic E-state index is 0.124. The Morgan fingerprint density at radius 3 is 2.08 bits per heavy atom. The van der Waals surface area contributed by atoms with Crippen molar-refractivity contribution in [2.75, 3.05) is 34.0 Å². The molecule has 2 aromatic rings. The monoisotopic (exact) mass is 532 g/mol. The van der Waals surface area contributed by atoms with E-state index in [2.05, 4.69) is 20.9 Å². The van der Waals surface area contributed by atoms with Crippen LogP contribution in [0.15, 0.2) is 36.5 Å². The summed E-state index contributed by atoms with van der Waals surface area (Å²) in [5, 5.41) is 8.67. The number of nitrogens with one attached hydrogen (secondary N) is 3. The molecule has 3 N–H and O–H groups in total. The van der Waals surface area contributed by atoms with Crippen LogP contribution in [-0.4, -0.2) is 86.3 Å². The molecule has 1 fully saturated rings. The van der Waals surface area contributed by atoms with Crippen LogP contribution in [-0.2, 0) is 35.0 Å². The highest BCUT2D eigenvalue weighted by Crippen LogP contribution is 2.29. The van der Waals surface area contributed by atoms with E-state index >= 15 is 0 Å². The lowest BCUT2D eigenvalue weighted by molar-refractivity contribution is -0.134. The van der Waals surface area contributed by atoms with Gasteiger partial charge in [-0.2, -0.15) is 0 Å². The lowest BCUT2D eigenvalue weighted by Crippen LogP contribution is -2.59. The molecule has 1 saturated heterocycles. The van der Waals surface area contributed by atoms with Crippen LogP contribution in [0.25, 0.3) is 0 Å². The lowest BCUT2D eigenvalue weighted by Gasteiger charge is -2.25. The number of amides is 3. The summed E-state index contributed by atoms with van der Waals surface area (Å²) >= 11 is 1.19. The van der Waals surface area contributed by atoms with Crippen molar-refractivity contribution in [2.45, 2.75) is 44.0 Å². The van der Waals surface area contributed by atoms with Crippen molar-refractivity contribution in [3.8, 4) is 0 Å². The zero-order chi connectivity index (χ0) is 27.0. The molecule has 1 aliphatic rings. The van der Waals surface area contributed by atoms with Crippen molar-refractivity contribution >= 4 is 34.8 Å². The second-order valence-electron chi connectivity index (χ2n) is 8.88. The van der Waals surface area contributed by atoms with Crippen LogP contribution >= 0.6 is 11.3 Å². The summed E-state index contributed by atoms with van der Waals surface area (Å²) in [6.07, 6.45) is 1.68. The van der Waals surface area contributed by atoms with Crippen molar-refractivity contribution < 1.29 is 33.4 Å². The molecule has 4 atom stereocenters. The van der Waals surface area contributed by atoms with Crippen LogP contribution in [0.4, 0.5) is 0 Å². The number of carbonyl (C=O) groups is 4. The number of Topliss-reactive ketones (excluding diaryl/α,β-unsaturated/α-hetero) is 1. The molecule has 1 aromatic heterocycles. The van der Waals surface area contributed by atoms with Gasteiger partial charge in [-0.15, -0.1) is 11.3 Å². The Balaban J connectivity index is 1.70. The molecular weight excluding hydrogens is 500 g/mol. The second kappa shape index (κ2) is 12.9. The zero-order valence-corrected chi connectivity index (χ0v) is 22.1. The molecule has 37 heavy (non-hydrogen) atoms. The summed E-state index contributed by atoms with van der Waals surface area (Å²) in [5.74, 6) is -1.98. The molecule has 11 nitrogen and oxygen atoms in total. The first-order chi connectivity index (χ1) is 17.7. The largest absolute Gasteiger partial charge is 0.382 e. The SMILES string of the molecule is COC[C@H](NC(=O)c1cnc(C)s1)C(=O)N[C@H](COC)C(=O)N[C@H](Cc1ccccc1)C(=O)[C@]1(C)CO1. The van der Waals surface area contributed by atoms with Gasteiger partial charge in [0.25, 0.3) is 5.91 Å². The van der Waals surface area contributed by atoms with Crippen molar-refractivity contribution in [3.63, 3.8) is 0 Å². The third-order valence-electron chi connectivity index (χ3n) is 5.78. The van der Waals surface area contributed by atoms with Gasteiger partial charge in [-0.1, -0.05) is 30.3 Å². The maximum absolute atomic E-state index is 13.2. The molecule has 0 spiro atoms. The molecule has 2 heterocycles. The van der Waals surface area contributed by atoms with E-state index < -0.39 is 41.4 Å². The van der Waals surface area contributed by atoms with Crippen LogP contribution < -0.4 is 16.0 Å². The van der Waals surface area contributed by atoms with Gasteiger partial charge in [0.1, 0.15) is 22.6 Å². The molecule has 3 rings (SSSR count). The smallest absolute Gasteiger partial charge is 0.263 e. The number of ether oxygens (including phenoxy) is 3. The fourth-order valence-corrected chi connectivity index (χ4v) is 4.30. The van der Waals surface area contributed by atoms with Gasteiger partial charge in [-0.05, 0) is 25.8 Å². The van der Waals surface area contributed by atoms with E-state index in [0.717, 1.165) is 5.56 Å². The Morgan fingerprint density at radius 1 is 1.00 bits per heavy atom. The Kier molecular flexibility index (Phi) is 9.86. The first-order valence-electron chi connectivity index (χ1n) is 11.7. The van der Waals surface area contributed by atoms with Gasteiger partial charge in [0, 0.05) is 14.2 Å². The highest BCUT2D eigenvalue weighted by molar-refractivity contribution is 7.13. The van der Waals surface area contributed by atoms with E-state index in [4.69, 9.17) is 14.2 Å². The summed E-state index contributed by atoms with van der Waals surface area (Å²) in [4.78, 5) is 56.3. The Labute approximate surface area is 219 Å². The number of epoxide rings is 1. The molecule has 0 radical (unpaired) electrons. The van der Waals surface area contributed by atoms with Gasteiger partial charge in [-0.25, -0.2) is 4.98 Å². The number of rotatable bonds is 14. The third kappa shape index (κ3) is 7.89. The second-order valence-corrected chi connectivity index (χ2v) is 10.1. The van der Waals surface area contributed by atoms with E-state index in [9.17, 15) is 19.2 Å². The van der Waals surface area contributed by atoms with Crippen LogP contribution in [0.5, 0.6) is 0 Å². The molecule has 0 aliphatic carbocycles. The number of nitrogens with zero attached hydrogens (tertiary/aromatic N) is 1. The average molecular weight is 533 g/mol. The summed E-state index contributed by atoms with van der Waals surface area (Å²) in [7, 11) is 2.78. The highest BCUT2D eigenvalue weighted by Gasteiger charge is 2.50. The van der Waals surface area contributed by atoms with E-state index in [-0.39, 0.29) is 32.0 Å². The fourth-order valence-electron chi connectivity index (χ4n) is 3.62. The van der Waals surface area contributed by atoms with Crippen molar-refractivity contribution in [1.82, 2.24) is 20.9 Å². The molecule has 1 aliphatic heterocycles.